The second kappa shape index (κ2) is 8.17. The number of amides is 2. The summed E-state index contributed by atoms with van der Waals surface area (Å²) >= 11 is 1.79. The first kappa shape index (κ1) is 18.1. The van der Waals surface area contributed by atoms with E-state index in [9.17, 15) is 9.59 Å². The molecule has 2 aromatic heterocycles. The van der Waals surface area contributed by atoms with E-state index < -0.39 is 0 Å². The smallest absolute Gasteiger partial charge is 0.225 e. The summed E-state index contributed by atoms with van der Waals surface area (Å²) in [6.07, 6.45) is 9.26. The number of aromatic nitrogens is 2. The molecule has 7 heteroatoms. The van der Waals surface area contributed by atoms with Gasteiger partial charge in [0.05, 0.1) is 16.6 Å². The van der Waals surface area contributed by atoms with Crippen LogP contribution in [0, 0.1) is 5.92 Å². The molecule has 1 N–H and O–H groups in total. The van der Waals surface area contributed by atoms with E-state index >= 15 is 0 Å². The van der Waals surface area contributed by atoms with Crippen molar-refractivity contribution in [2.24, 2.45) is 5.92 Å². The fourth-order valence-corrected chi connectivity index (χ4v) is 4.92. The predicted molar refractivity (Wildman–Crippen MR) is 103 cm³/mol. The van der Waals surface area contributed by atoms with E-state index in [1.54, 1.807) is 28.6 Å². The van der Waals surface area contributed by atoms with Crippen LogP contribution in [0.3, 0.4) is 0 Å². The standard InChI is InChI=1S/C20H24N4O2S/c25-19-10-15(13-24(19)12-14-4-3-8-21-11-14)20(26)22-9-7-18-23-16-5-1-2-6-17(16)27-18/h3-4,8,11,15H,1-2,5-7,9-10,12-13H2,(H,22,26)/t15-/m0/s1. The summed E-state index contributed by atoms with van der Waals surface area (Å²) in [5.41, 5.74) is 2.25. The summed E-state index contributed by atoms with van der Waals surface area (Å²) in [6.45, 7) is 1.57. The van der Waals surface area contributed by atoms with Gasteiger partial charge in [-0.15, -0.1) is 11.3 Å². The van der Waals surface area contributed by atoms with Crippen molar-refractivity contribution in [1.29, 1.82) is 0 Å². The number of aryl methyl sites for hydroxylation is 2. The maximum absolute atomic E-state index is 12.5. The van der Waals surface area contributed by atoms with Gasteiger partial charge in [0.15, 0.2) is 0 Å². The van der Waals surface area contributed by atoms with Crippen LogP contribution < -0.4 is 5.32 Å². The number of fused-ring (bicyclic) bond motifs is 1. The van der Waals surface area contributed by atoms with Gasteiger partial charge in [-0.25, -0.2) is 4.98 Å². The Morgan fingerprint density at radius 3 is 3.04 bits per heavy atom. The summed E-state index contributed by atoms with van der Waals surface area (Å²) in [5, 5.41) is 4.11. The average Bonchev–Trinajstić information content (AvgIpc) is 3.26. The van der Waals surface area contributed by atoms with Gasteiger partial charge in [0.2, 0.25) is 11.8 Å². The molecule has 1 fully saturated rings. The van der Waals surface area contributed by atoms with Gasteiger partial charge in [0.1, 0.15) is 0 Å². The molecular weight excluding hydrogens is 360 g/mol. The SMILES string of the molecule is O=C(NCCc1nc2c(s1)CCCC2)[C@H]1CC(=O)N(Cc2cccnc2)C1. The predicted octanol–water partition coefficient (Wildman–Crippen LogP) is 2.12. The molecule has 2 amide bonds. The minimum absolute atomic E-state index is 0.0293. The lowest BCUT2D eigenvalue weighted by molar-refractivity contribution is -0.129. The minimum Gasteiger partial charge on any atom is -0.355 e. The van der Waals surface area contributed by atoms with Crippen molar-refractivity contribution >= 4 is 23.2 Å². The summed E-state index contributed by atoms with van der Waals surface area (Å²) in [7, 11) is 0. The van der Waals surface area contributed by atoms with E-state index in [4.69, 9.17) is 4.98 Å². The molecule has 1 aliphatic heterocycles. The molecule has 0 spiro atoms. The van der Waals surface area contributed by atoms with Gasteiger partial charge in [-0.05, 0) is 37.3 Å². The quantitative estimate of drug-likeness (QED) is 0.828. The Kier molecular flexibility index (Phi) is 5.48. The first-order valence-electron chi connectivity index (χ1n) is 9.61. The Bertz CT molecular complexity index is 797. The van der Waals surface area contributed by atoms with E-state index in [0.29, 0.717) is 19.6 Å². The third-order valence-electron chi connectivity index (χ3n) is 5.21. The lowest BCUT2D eigenvalue weighted by Gasteiger charge is -2.16. The molecule has 0 bridgehead atoms. The molecular formula is C20H24N4O2S. The van der Waals surface area contributed by atoms with Crippen LogP contribution in [0.2, 0.25) is 0 Å². The fraction of sp³-hybridized carbons (Fsp3) is 0.500. The minimum atomic E-state index is -0.265. The maximum Gasteiger partial charge on any atom is 0.225 e. The third-order valence-corrected chi connectivity index (χ3v) is 6.43. The lowest BCUT2D eigenvalue weighted by atomic mass is 10.0. The first-order valence-corrected chi connectivity index (χ1v) is 10.4. The van der Waals surface area contributed by atoms with Crippen molar-refractivity contribution < 1.29 is 9.59 Å². The second-order valence-corrected chi connectivity index (χ2v) is 8.43. The summed E-state index contributed by atoms with van der Waals surface area (Å²) in [4.78, 5) is 36.6. The van der Waals surface area contributed by atoms with Crippen LogP contribution >= 0.6 is 11.3 Å². The molecule has 0 unspecified atom stereocenters. The molecule has 4 rings (SSSR count). The third kappa shape index (κ3) is 4.35. The number of likely N-dealkylation sites (tertiary alicyclic amines) is 1. The Hall–Kier alpha value is -2.28. The van der Waals surface area contributed by atoms with Crippen LogP contribution in [0.5, 0.6) is 0 Å². The second-order valence-electron chi connectivity index (χ2n) is 7.26. The van der Waals surface area contributed by atoms with Crippen LogP contribution in [0.15, 0.2) is 24.5 Å². The average molecular weight is 385 g/mol. The van der Waals surface area contributed by atoms with Crippen LogP contribution in [0.25, 0.3) is 0 Å². The number of pyridine rings is 1. The normalized spacial score (nSPS) is 19.2. The van der Waals surface area contributed by atoms with Crippen LogP contribution in [-0.2, 0) is 35.4 Å². The van der Waals surface area contributed by atoms with Crippen LogP contribution in [0.1, 0.15) is 40.4 Å². The molecule has 1 atom stereocenters. The number of nitrogens with zero attached hydrogens (tertiary/aromatic N) is 3. The van der Waals surface area contributed by atoms with Gasteiger partial charge < -0.3 is 10.2 Å². The maximum atomic E-state index is 12.5. The highest BCUT2D eigenvalue weighted by atomic mass is 32.1. The van der Waals surface area contributed by atoms with Crippen LogP contribution in [-0.4, -0.2) is 39.8 Å². The van der Waals surface area contributed by atoms with Gasteiger partial charge >= 0.3 is 0 Å². The molecule has 142 valence electrons. The van der Waals surface area contributed by atoms with Crippen molar-refractivity contribution in [2.75, 3.05) is 13.1 Å². The topological polar surface area (TPSA) is 75.2 Å². The molecule has 27 heavy (non-hydrogen) atoms. The Morgan fingerprint density at radius 2 is 2.22 bits per heavy atom. The molecule has 6 nitrogen and oxygen atoms in total. The van der Waals surface area contributed by atoms with Crippen molar-refractivity contribution in [2.45, 2.75) is 45.1 Å². The van der Waals surface area contributed by atoms with E-state index in [0.717, 1.165) is 29.8 Å². The number of rotatable bonds is 6. The van der Waals surface area contributed by atoms with E-state index in [1.807, 2.05) is 12.1 Å². The Labute approximate surface area is 163 Å². The number of thiazole rings is 1. The van der Waals surface area contributed by atoms with Crippen LogP contribution in [0.4, 0.5) is 0 Å². The van der Waals surface area contributed by atoms with Gasteiger partial charge in [-0.3, -0.25) is 14.6 Å². The van der Waals surface area contributed by atoms with Gasteiger partial charge in [0.25, 0.3) is 0 Å². The number of carbonyl (C=O) groups excluding carboxylic acids is 2. The molecule has 0 saturated carbocycles. The molecule has 2 aliphatic rings. The largest absolute Gasteiger partial charge is 0.355 e. The van der Waals surface area contributed by atoms with Crippen molar-refractivity contribution in [3.63, 3.8) is 0 Å². The molecule has 0 aromatic carbocycles. The first-order chi connectivity index (χ1) is 13.2. The zero-order valence-corrected chi connectivity index (χ0v) is 16.1. The summed E-state index contributed by atoms with van der Waals surface area (Å²) < 4.78 is 0. The molecule has 2 aromatic rings. The van der Waals surface area contributed by atoms with Gasteiger partial charge in [-0.1, -0.05) is 6.07 Å². The van der Waals surface area contributed by atoms with Gasteiger partial charge in [0, 0.05) is 49.7 Å². The van der Waals surface area contributed by atoms with Crippen molar-refractivity contribution in [1.82, 2.24) is 20.2 Å². The molecule has 0 radical (unpaired) electrons. The molecule has 3 heterocycles. The molecule has 1 aliphatic carbocycles. The highest BCUT2D eigenvalue weighted by Crippen LogP contribution is 2.27. The highest BCUT2D eigenvalue weighted by molar-refractivity contribution is 7.11. The fourth-order valence-electron chi connectivity index (χ4n) is 3.76. The van der Waals surface area contributed by atoms with Gasteiger partial charge in [-0.2, -0.15) is 0 Å². The monoisotopic (exact) mass is 384 g/mol. The zero-order valence-electron chi connectivity index (χ0n) is 15.3. The van der Waals surface area contributed by atoms with E-state index in [2.05, 4.69) is 10.3 Å². The number of hydrogen-bond acceptors (Lipinski definition) is 5. The van der Waals surface area contributed by atoms with Crippen molar-refractivity contribution in [3.8, 4) is 0 Å². The zero-order chi connectivity index (χ0) is 18.6. The number of nitrogens with one attached hydrogen (secondary N) is 1. The number of hydrogen-bond donors (Lipinski definition) is 1. The Morgan fingerprint density at radius 1 is 1.33 bits per heavy atom. The Balaban J connectivity index is 1.25. The molecule has 1 saturated heterocycles. The summed E-state index contributed by atoms with van der Waals surface area (Å²) in [5.74, 6) is -0.261. The van der Waals surface area contributed by atoms with E-state index in [1.165, 1.54) is 23.4 Å². The number of carbonyl (C=O) groups is 2. The van der Waals surface area contributed by atoms with Crippen molar-refractivity contribution in [3.05, 3.63) is 45.7 Å². The summed E-state index contributed by atoms with van der Waals surface area (Å²) in [6, 6.07) is 3.80. The lowest BCUT2D eigenvalue weighted by Crippen LogP contribution is -2.34. The van der Waals surface area contributed by atoms with E-state index in [-0.39, 0.29) is 24.2 Å². The highest BCUT2D eigenvalue weighted by Gasteiger charge is 2.34.